The molecule has 30 heavy (non-hydrogen) atoms. The fourth-order valence-electron chi connectivity index (χ4n) is 3.08. The van der Waals surface area contributed by atoms with E-state index in [2.05, 4.69) is 43.8 Å². The van der Waals surface area contributed by atoms with Gasteiger partial charge < -0.3 is 23.5 Å². The first-order chi connectivity index (χ1) is 13.7. The molecule has 168 valence electrons. The van der Waals surface area contributed by atoms with Crippen molar-refractivity contribution in [1.82, 2.24) is 9.88 Å². The summed E-state index contributed by atoms with van der Waals surface area (Å²) in [6.07, 6.45) is 0.751. The van der Waals surface area contributed by atoms with Gasteiger partial charge in [-0.15, -0.1) is 0 Å². The molecule has 1 aromatic rings. The average molecular weight is 456 g/mol. The lowest BCUT2D eigenvalue weighted by molar-refractivity contribution is -0.207. The minimum atomic E-state index is -2.19. The van der Waals surface area contributed by atoms with E-state index in [0.717, 1.165) is 0 Å². The van der Waals surface area contributed by atoms with Crippen LogP contribution in [0.2, 0.25) is 18.1 Å². The number of Topliss-reactive ketones (excluding diaryl/α,β-unsaturated/α-hetero) is 1. The van der Waals surface area contributed by atoms with Crippen molar-refractivity contribution in [3.05, 3.63) is 11.1 Å². The van der Waals surface area contributed by atoms with Gasteiger partial charge in [0.2, 0.25) is 10.9 Å². The minimum Gasteiger partial charge on any atom is -0.408 e. The molecular formula is C20H33N3O5SSi. The quantitative estimate of drug-likeness (QED) is 0.279. The number of aromatic nitrogens is 1. The van der Waals surface area contributed by atoms with Gasteiger partial charge >= 0.3 is 0 Å². The van der Waals surface area contributed by atoms with Crippen LogP contribution in [0.25, 0.3) is 0 Å². The summed E-state index contributed by atoms with van der Waals surface area (Å²) in [4.78, 5) is 24.1. The van der Waals surface area contributed by atoms with Gasteiger partial charge in [0.05, 0.1) is 17.4 Å². The van der Waals surface area contributed by atoms with Crippen molar-refractivity contribution in [3.8, 4) is 0 Å². The SMILES string of the molecule is CN(C)/C=N/c1ncc(C(=O)[C@H]2O[C@@H]3OC(C)(C)O[C@@H]3[C@H]2O[Si](C)(C)C(C)(C)C)s1. The monoisotopic (exact) mass is 455 g/mol. The van der Waals surface area contributed by atoms with Gasteiger partial charge in [-0.1, -0.05) is 32.1 Å². The van der Waals surface area contributed by atoms with Crippen LogP contribution in [-0.4, -0.2) is 74.8 Å². The lowest BCUT2D eigenvalue weighted by Gasteiger charge is -2.40. The van der Waals surface area contributed by atoms with Gasteiger partial charge in [0, 0.05) is 14.1 Å². The Morgan fingerprint density at radius 3 is 2.60 bits per heavy atom. The number of thiazole rings is 1. The number of aliphatic imine (C=N–C) groups is 1. The topological polar surface area (TPSA) is 82.5 Å². The summed E-state index contributed by atoms with van der Waals surface area (Å²) in [6.45, 7) is 14.5. The Morgan fingerprint density at radius 1 is 1.33 bits per heavy atom. The highest BCUT2D eigenvalue weighted by Crippen LogP contribution is 2.44. The molecule has 0 bridgehead atoms. The third kappa shape index (κ3) is 4.84. The van der Waals surface area contributed by atoms with Gasteiger partial charge in [-0.2, -0.15) is 0 Å². The van der Waals surface area contributed by atoms with Crippen LogP contribution in [0.3, 0.4) is 0 Å². The van der Waals surface area contributed by atoms with E-state index in [1.165, 1.54) is 11.3 Å². The van der Waals surface area contributed by atoms with Crippen LogP contribution in [0.5, 0.6) is 0 Å². The summed E-state index contributed by atoms with van der Waals surface area (Å²) in [7, 11) is 1.55. The Bertz CT molecular complexity index is 818. The summed E-state index contributed by atoms with van der Waals surface area (Å²) in [5.41, 5.74) is 0. The van der Waals surface area contributed by atoms with E-state index in [-0.39, 0.29) is 10.8 Å². The van der Waals surface area contributed by atoms with Gasteiger partial charge in [0.25, 0.3) is 0 Å². The number of fused-ring (bicyclic) bond motifs is 1. The maximum atomic E-state index is 13.3. The zero-order valence-corrected chi connectivity index (χ0v) is 21.1. The molecule has 0 N–H and O–H groups in total. The zero-order valence-electron chi connectivity index (χ0n) is 19.3. The van der Waals surface area contributed by atoms with Crippen LogP contribution in [0, 0.1) is 0 Å². The second-order valence-corrected chi connectivity index (χ2v) is 15.7. The Morgan fingerprint density at radius 2 is 2.00 bits per heavy atom. The molecule has 0 saturated carbocycles. The third-order valence-electron chi connectivity index (χ3n) is 5.62. The summed E-state index contributed by atoms with van der Waals surface area (Å²) in [6, 6.07) is 0. The lowest BCUT2D eigenvalue weighted by atomic mass is 10.1. The van der Waals surface area contributed by atoms with Crippen molar-refractivity contribution in [2.45, 2.75) is 83.1 Å². The molecule has 0 aromatic carbocycles. The van der Waals surface area contributed by atoms with Gasteiger partial charge in [0.1, 0.15) is 12.2 Å². The second kappa shape index (κ2) is 8.07. The highest BCUT2D eigenvalue weighted by molar-refractivity contribution is 7.17. The number of carbonyl (C=O) groups excluding carboxylic acids is 1. The fraction of sp³-hybridized carbons (Fsp3) is 0.750. The van der Waals surface area contributed by atoms with Crippen molar-refractivity contribution in [2.24, 2.45) is 4.99 Å². The number of hydrogen-bond donors (Lipinski definition) is 0. The maximum Gasteiger partial charge on any atom is 0.211 e. The molecule has 4 atom stereocenters. The molecule has 0 amide bonds. The van der Waals surface area contributed by atoms with E-state index >= 15 is 0 Å². The van der Waals surface area contributed by atoms with Gasteiger partial charge in [-0.05, 0) is 32.0 Å². The van der Waals surface area contributed by atoms with Gasteiger partial charge in [-0.25, -0.2) is 9.98 Å². The van der Waals surface area contributed by atoms with Crippen LogP contribution in [0.4, 0.5) is 5.13 Å². The van der Waals surface area contributed by atoms with E-state index in [1.54, 1.807) is 12.5 Å². The van der Waals surface area contributed by atoms with E-state index < -0.39 is 38.7 Å². The smallest absolute Gasteiger partial charge is 0.211 e. The Labute approximate surface area is 183 Å². The minimum absolute atomic E-state index is 0.0216. The second-order valence-electron chi connectivity index (χ2n) is 9.95. The van der Waals surface area contributed by atoms with Crippen LogP contribution < -0.4 is 0 Å². The maximum absolute atomic E-state index is 13.3. The van der Waals surface area contributed by atoms with E-state index in [4.69, 9.17) is 18.6 Å². The predicted octanol–water partition coefficient (Wildman–Crippen LogP) is 3.81. The van der Waals surface area contributed by atoms with Crippen LogP contribution >= 0.6 is 11.3 Å². The standard InChI is InChI=1S/C20H33N3O5SSi/c1-19(2,3)30(8,9)28-15-14(25-17-16(15)26-20(4,5)27-17)13(24)12-10-21-18(29-12)22-11-23(6)7/h10-11,14-17H,1-9H3/b22-11+/t14-,15+,16-,17-/m1/s1. The van der Waals surface area contributed by atoms with Gasteiger partial charge in [-0.3, -0.25) is 4.79 Å². The van der Waals surface area contributed by atoms with Crippen molar-refractivity contribution >= 4 is 36.9 Å². The molecule has 0 aliphatic carbocycles. The first-order valence-electron chi connectivity index (χ1n) is 10.1. The lowest BCUT2D eigenvalue weighted by Crippen LogP contribution is -2.51. The highest BCUT2D eigenvalue weighted by atomic mass is 32.1. The summed E-state index contributed by atoms with van der Waals surface area (Å²) in [5, 5.41) is 0.493. The highest BCUT2D eigenvalue weighted by Gasteiger charge is 2.59. The molecule has 8 nitrogen and oxygen atoms in total. The van der Waals surface area contributed by atoms with Gasteiger partial charge in [0.15, 0.2) is 26.5 Å². The molecule has 0 unspecified atom stereocenters. The molecule has 2 fully saturated rings. The van der Waals surface area contributed by atoms with E-state index in [9.17, 15) is 4.79 Å². The normalized spacial score (nSPS) is 28.8. The Balaban J connectivity index is 1.86. The number of ether oxygens (including phenoxy) is 3. The zero-order chi connectivity index (χ0) is 22.5. The third-order valence-corrected chi connectivity index (χ3v) is 11.0. The molecular weight excluding hydrogens is 422 g/mol. The van der Waals surface area contributed by atoms with Crippen molar-refractivity contribution in [3.63, 3.8) is 0 Å². The number of hydrogen-bond acceptors (Lipinski definition) is 8. The first-order valence-corrected chi connectivity index (χ1v) is 13.8. The molecule has 0 radical (unpaired) electrons. The molecule has 0 spiro atoms. The molecule has 2 aliphatic heterocycles. The van der Waals surface area contributed by atoms with E-state index in [0.29, 0.717) is 10.0 Å². The number of ketones is 1. The number of carbonyl (C=O) groups is 1. The Kier molecular flexibility index (Phi) is 6.32. The summed E-state index contributed by atoms with van der Waals surface area (Å²) in [5.74, 6) is -0.960. The van der Waals surface area contributed by atoms with Crippen molar-refractivity contribution in [1.29, 1.82) is 0 Å². The van der Waals surface area contributed by atoms with Crippen LogP contribution in [0.1, 0.15) is 44.3 Å². The molecule has 3 rings (SSSR count). The number of rotatable bonds is 6. The van der Waals surface area contributed by atoms with Crippen LogP contribution in [0.15, 0.2) is 11.2 Å². The van der Waals surface area contributed by atoms with Crippen LogP contribution in [-0.2, 0) is 18.6 Å². The molecule has 10 heteroatoms. The summed E-state index contributed by atoms with van der Waals surface area (Å²) < 4.78 is 24.7. The molecule has 1 aromatic heterocycles. The average Bonchev–Trinajstić information content (AvgIpc) is 3.25. The summed E-state index contributed by atoms with van der Waals surface area (Å²) >= 11 is 1.23. The molecule has 3 heterocycles. The first kappa shape index (κ1) is 23.5. The van der Waals surface area contributed by atoms with Crippen molar-refractivity contribution < 1.29 is 23.4 Å². The largest absolute Gasteiger partial charge is 0.408 e. The fourth-order valence-corrected chi connectivity index (χ4v) is 5.10. The molecule has 2 saturated heterocycles. The van der Waals surface area contributed by atoms with E-state index in [1.807, 2.05) is 32.8 Å². The predicted molar refractivity (Wildman–Crippen MR) is 119 cm³/mol. The Hall–Kier alpha value is -1.17. The van der Waals surface area contributed by atoms with Crippen molar-refractivity contribution in [2.75, 3.05) is 14.1 Å². The molecule has 2 aliphatic rings. The number of nitrogens with zero attached hydrogens (tertiary/aromatic N) is 3.